The lowest BCUT2D eigenvalue weighted by Gasteiger charge is -2.11. The van der Waals surface area contributed by atoms with Gasteiger partial charge in [0.05, 0.1) is 5.56 Å². The Hall–Kier alpha value is -2.93. The molecular weight excluding hydrogens is 328 g/mol. The van der Waals surface area contributed by atoms with Crippen molar-refractivity contribution in [3.8, 4) is 5.75 Å². The molecular formula is C17H16N2O4S. The predicted molar refractivity (Wildman–Crippen MR) is 94.4 cm³/mol. The molecule has 3 N–H and O–H groups in total. The van der Waals surface area contributed by atoms with E-state index in [-0.39, 0.29) is 17.3 Å². The van der Waals surface area contributed by atoms with E-state index in [1.165, 1.54) is 12.1 Å². The first kappa shape index (κ1) is 17.4. The monoisotopic (exact) mass is 344 g/mol. The highest BCUT2D eigenvalue weighted by atomic mass is 32.1. The predicted octanol–water partition coefficient (Wildman–Crippen LogP) is 2.59. The largest absolute Gasteiger partial charge is 0.484 e. The topological polar surface area (TPSA) is 87.7 Å². The third-order valence-electron chi connectivity index (χ3n) is 3.01. The first-order valence-corrected chi connectivity index (χ1v) is 7.48. The quantitative estimate of drug-likeness (QED) is 0.723. The van der Waals surface area contributed by atoms with E-state index in [0.717, 1.165) is 5.56 Å². The minimum atomic E-state index is -1.04. The smallest absolute Gasteiger partial charge is 0.335 e. The van der Waals surface area contributed by atoms with Crippen molar-refractivity contribution in [3.05, 3.63) is 59.7 Å². The van der Waals surface area contributed by atoms with Crippen molar-refractivity contribution in [3.63, 3.8) is 0 Å². The number of amides is 1. The highest BCUT2D eigenvalue weighted by Crippen LogP contribution is 2.12. The van der Waals surface area contributed by atoms with Crippen LogP contribution in [-0.2, 0) is 4.79 Å². The fourth-order valence-corrected chi connectivity index (χ4v) is 2.07. The molecule has 0 fully saturated rings. The van der Waals surface area contributed by atoms with Gasteiger partial charge in [0.2, 0.25) is 0 Å². The Kier molecular flexibility index (Phi) is 5.86. The van der Waals surface area contributed by atoms with Crippen LogP contribution in [-0.4, -0.2) is 28.7 Å². The molecule has 0 saturated carbocycles. The third kappa shape index (κ3) is 5.36. The third-order valence-corrected chi connectivity index (χ3v) is 3.22. The van der Waals surface area contributed by atoms with Crippen LogP contribution in [0.1, 0.15) is 15.9 Å². The minimum absolute atomic E-state index is 0.0649. The highest BCUT2D eigenvalue weighted by molar-refractivity contribution is 7.80. The number of rotatable bonds is 5. The molecule has 0 radical (unpaired) electrons. The number of hydrogen-bond donors (Lipinski definition) is 3. The number of carbonyl (C=O) groups excluding carboxylic acids is 1. The molecule has 0 unspecified atom stereocenters. The second-order valence-electron chi connectivity index (χ2n) is 4.99. The van der Waals surface area contributed by atoms with Gasteiger partial charge in [-0.15, -0.1) is 0 Å². The van der Waals surface area contributed by atoms with Gasteiger partial charge in [-0.3, -0.25) is 10.1 Å². The second-order valence-corrected chi connectivity index (χ2v) is 5.40. The van der Waals surface area contributed by atoms with Gasteiger partial charge in [0.15, 0.2) is 11.7 Å². The van der Waals surface area contributed by atoms with E-state index in [1.807, 2.05) is 19.1 Å². The molecule has 0 heterocycles. The summed E-state index contributed by atoms with van der Waals surface area (Å²) in [7, 11) is 0. The number of ether oxygens (including phenoxy) is 1. The van der Waals surface area contributed by atoms with Crippen LogP contribution >= 0.6 is 12.2 Å². The van der Waals surface area contributed by atoms with Gasteiger partial charge in [-0.1, -0.05) is 23.8 Å². The molecule has 2 aromatic carbocycles. The van der Waals surface area contributed by atoms with Crippen LogP contribution < -0.4 is 15.4 Å². The fraction of sp³-hybridized carbons (Fsp3) is 0.118. The van der Waals surface area contributed by atoms with Crippen molar-refractivity contribution in [1.29, 1.82) is 0 Å². The Morgan fingerprint density at radius 2 is 1.88 bits per heavy atom. The summed E-state index contributed by atoms with van der Waals surface area (Å²) in [6.45, 7) is 1.78. The number of carboxylic acids is 1. The Balaban J connectivity index is 1.83. The van der Waals surface area contributed by atoms with Crippen molar-refractivity contribution in [2.24, 2.45) is 0 Å². The van der Waals surface area contributed by atoms with Gasteiger partial charge < -0.3 is 15.2 Å². The molecule has 7 heteroatoms. The second kappa shape index (κ2) is 8.07. The molecule has 0 aliphatic rings. The van der Waals surface area contributed by atoms with Crippen LogP contribution in [0, 0.1) is 6.92 Å². The minimum Gasteiger partial charge on any atom is -0.484 e. The van der Waals surface area contributed by atoms with Gasteiger partial charge in [-0.25, -0.2) is 4.79 Å². The van der Waals surface area contributed by atoms with E-state index in [1.54, 1.807) is 24.3 Å². The SMILES string of the molecule is Cc1ccc(OCC(=O)NC(=S)Nc2cccc(C(=O)O)c2)cc1. The van der Waals surface area contributed by atoms with E-state index < -0.39 is 11.9 Å². The number of hydrogen-bond acceptors (Lipinski definition) is 4. The summed E-state index contributed by atoms with van der Waals surface area (Å²) in [5, 5.41) is 14.2. The Bertz CT molecular complexity index is 759. The van der Waals surface area contributed by atoms with E-state index in [9.17, 15) is 9.59 Å². The summed E-state index contributed by atoms with van der Waals surface area (Å²) in [5.41, 5.74) is 1.69. The number of nitrogens with one attached hydrogen (secondary N) is 2. The molecule has 0 aliphatic heterocycles. The van der Waals surface area contributed by atoms with Crippen molar-refractivity contribution < 1.29 is 19.4 Å². The first-order valence-electron chi connectivity index (χ1n) is 7.08. The van der Waals surface area contributed by atoms with Crippen molar-refractivity contribution >= 4 is 34.9 Å². The standard InChI is InChI=1S/C17H16N2O4S/c1-11-5-7-14(8-6-11)23-10-15(20)19-17(24)18-13-4-2-3-12(9-13)16(21)22/h2-9H,10H2,1H3,(H,21,22)(H2,18,19,20,24). The Morgan fingerprint density at radius 1 is 1.17 bits per heavy atom. The maximum Gasteiger partial charge on any atom is 0.335 e. The number of anilines is 1. The van der Waals surface area contributed by atoms with Crippen molar-refractivity contribution in [2.45, 2.75) is 6.92 Å². The van der Waals surface area contributed by atoms with Crippen LogP contribution in [0.15, 0.2) is 48.5 Å². The highest BCUT2D eigenvalue weighted by Gasteiger charge is 2.08. The van der Waals surface area contributed by atoms with Crippen LogP contribution in [0.4, 0.5) is 5.69 Å². The first-order chi connectivity index (χ1) is 11.4. The lowest BCUT2D eigenvalue weighted by atomic mass is 10.2. The molecule has 0 bridgehead atoms. The zero-order valence-electron chi connectivity index (χ0n) is 12.9. The Labute approximate surface area is 144 Å². The normalized spacial score (nSPS) is 9.88. The average Bonchev–Trinajstić information content (AvgIpc) is 2.54. The van der Waals surface area contributed by atoms with Crippen LogP contribution in [0.3, 0.4) is 0 Å². The van der Waals surface area contributed by atoms with Gasteiger partial charge in [0, 0.05) is 5.69 Å². The molecule has 2 rings (SSSR count). The Morgan fingerprint density at radius 3 is 2.54 bits per heavy atom. The summed E-state index contributed by atoms with van der Waals surface area (Å²) in [4.78, 5) is 22.7. The number of carboxylic acid groups (broad SMARTS) is 1. The number of benzene rings is 2. The average molecular weight is 344 g/mol. The number of thiocarbonyl (C=S) groups is 1. The molecule has 0 saturated heterocycles. The molecule has 1 amide bonds. The van der Waals surface area contributed by atoms with Gasteiger partial charge in [0.1, 0.15) is 5.75 Å². The summed E-state index contributed by atoms with van der Waals surface area (Å²) in [5.74, 6) is -0.869. The zero-order valence-corrected chi connectivity index (χ0v) is 13.7. The lowest BCUT2D eigenvalue weighted by molar-refractivity contribution is -0.121. The molecule has 0 aromatic heterocycles. The molecule has 6 nitrogen and oxygen atoms in total. The molecule has 0 spiro atoms. The number of carbonyl (C=O) groups is 2. The van der Waals surface area contributed by atoms with Crippen LogP contribution in [0.25, 0.3) is 0 Å². The van der Waals surface area contributed by atoms with Crippen molar-refractivity contribution in [2.75, 3.05) is 11.9 Å². The maximum absolute atomic E-state index is 11.8. The van der Waals surface area contributed by atoms with Crippen LogP contribution in [0.5, 0.6) is 5.75 Å². The van der Waals surface area contributed by atoms with Gasteiger partial charge in [0.25, 0.3) is 5.91 Å². The summed E-state index contributed by atoms with van der Waals surface area (Å²) >= 11 is 5.02. The van der Waals surface area contributed by atoms with Gasteiger partial charge in [-0.2, -0.15) is 0 Å². The molecule has 2 aromatic rings. The lowest BCUT2D eigenvalue weighted by Crippen LogP contribution is -2.37. The molecule has 0 aliphatic carbocycles. The number of aryl methyl sites for hydroxylation is 1. The number of aromatic carboxylic acids is 1. The molecule has 124 valence electrons. The summed E-state index contributed by atoms with van der Waals surface area (Å²) in [6, 6.07) is 13.4. The van der Waals surface area contributed by atoms with E-state index >= 15 is 0 Å². The summed E-state index contributed by atoms with van der Waals surface area (Å²) in [6.07, 6.45) is 0. The fourth-order valence-electron chi connectivity index (χ4n) is 1.84. The van der Waals surface area contributed by atoms with E-state index in [4.69, 9.17) is 22.1 Å². The van der Waals surface area contributed by atoms with Gasteiger partial charge in [-0.05, 0) is 49.5 Å². The molecule has 24 heavy (non-hydrogen) atoms. The van der Waals surface area contributed by atoms with Crippen molar-refractivity contribution in [1.82, 2.24) is 5.32 Å². The molecule has 0 atom stereocenters. The van der Waals surface area contributed by atoms with E-state index in [2.05, 4.69) is 10.6 Å². The maximum atomic E-state index is 11.8. The van der Waals surface area contributed by atoms with Crippen LogP contribution in [0.2, 0.25) is 0 Å². The van der Waals surface area contributed by atoms with Gasteiger partial charge >= 0.3 is 5.97 Å². The summed E-state index contributed by atoms with van der Waals surface area (Å²) < 4.78 is 5.35. The van der Waals surface area contributed by atoms with E-state index in [0.29, 0.717) is 11.4 Å². The zero-order chi connectivity index (χ0) is 17.5.